The largest absolute Gasteiger partial charge is 0.495 e. The summed E-state index contributed by atoms with van der Waals surface area (Å²) < 4.78 is 21.4. The minimum atomic E-state index is -0.746. The van der Waals surface area contributed by atoms with Crippen LogP contribution in [0.3, 0.4) is 0 Å². The number of furan rings is 1. The van der Waals surface area contributed by atoms with Crippen LogP contribution in [-0.2, 0) is 20.9 Å². The molecule has 7 nitrogen and oxygen atoms in total. The Bertz CT molecular complexity index is 1030. The first-order valence-corrected chi connectivity index (χ1v) is 9.30. The van der Waals surface area contributed by atoms with Gasteiger partial charge >= 0.3 is 5.97 Å². The second-order valence-corrected chi connectivity index (χ2v) is 6.45. The van der Waals surface area contributed by atoms with Crippen molar-refractivity contribution in [1.82, 2.24) is 0 Å². The maximum absolute atomic E-state index is 12.5. The molecule has 1 N–H and O–H groups in total. The van der Waals surface area contributed by atoms with E-state index >= 15 is 0 Å². The number of carbonyl (C=O) groups excluding carboxylic acids is 2. The van der Waals surface area contributed by atoms with Gasteiger partial charge in [-0.3, -0.25) is 4.79 Å². The average molecular weight is 418 g/mol. The molecule has 0 fully saturated rings. The molecular weight excluding hydrogens is 398 g/mol. The Hall–Kier alpha value is -3.03. The quantitative estimate of drug-likeness (QED) is 0.546. The fourth-order valence-electron chi connectivity index (χ4n) is 2.77. The molecule has 2 aromatic carbocycles. The molecule has 3 rings (SSSR count). The fraction of sp³-hybridized carbons (Fsp3) is 0.238. The summed E-state index contributed by atoms with van der Waals surface area (Å²) in [5.74, 6) is -0.830. The number of fused-ring (bicyclic) bond motifs is 1. The standard InChI is InChI=1S/C21H20ClNO6/c1-3-27-11-15-14-6-4-5-7-17(14)29-20(15)21(25)28-12-19(24)23-16-10-13(22)8-9-18(16)26-2/h4-10H,3,11-12H2,1-2H3,(H,23,24). The van der Waals surface area contributed by atoms with Crippen molar-refractivity contribution in [2.75, 3.05) is 25.6 Å². The first-order valence-electron chi connectivity index (χ1n) is 8.92. The summed E-state index contributed by atoms with van der Waals surface area (Å²) in [4.78, 5) is 24.7. The molecule has 152 valence electrons. The molecule has 0 saturated carbocycles. The van der Waals surface area contributed by atoms with Crippen LogP contribution in [0.25, 0.3) is 11.0 Å². The molecule has 0 aliphatic carbocycles. The van der Waals surface area contributed by atoms with Crippen LogP contribution in [0.15, 0.2) is 46.9 Å². The lowest BCUT2D eigenvalue weighted by molar-refractivity contribution is -0.119. The summed E-state index contributed by atoms with van der Waals surface area (Å²) in [6.07, 6.45) is 0. The number of esters is 1. The van der Waals surface area contributed by atoms with Crippen LogP contribution in [0.5, 0.6) is 5.75 Å². The lowest BCUT2D eigenvalue weighted by atomic mass is 10.1. The Morgan fingerprint density at radius 2 is 1.97 bits per heavy atom. The number of methoxy groups -OCH3 is 1. The van der Waals surface area contributed by atoms with E-state index in [1.807, 2.05) is 19.1 Å². The highest BCUT2D eigenvalue weighted by atomic mass is 35.5. The summed E-state index contributed by atoms with van der Waals surface area (Å²) in [7, 11) is 1.47. The van der Waals surface area contributed by atoms with Gasteiger partial charge in [-0.15, -0.1) is 0 Å². The number of halogens is 1. The third-order valence-corrected chi connectivity index (χ3v) is 4.34. The minimum absolute atomic E-state index is 0.0211. The smallest absolute Gasteiger partial charge is 0.375 e. The number of amides is 1. The summed E-state index contributed by atoms with van der Waals surface area (Å²) in [6.45, 7) is 2.04. The van der Waals surface area contributed by atoms with Crippen molar-refractivity contribution in [3.05, 3.63) is 58.8 Å². The van der Waals surface area contributed by atoms with Gasteiger partial charge in [-0.1, -0.05) is 29.8 Å². The number of para-hydroxylation sites is 1. The molecule has 1 heterocycles. The highest BCUT2D eigenvalue weighted by molar-refractivity contribution is 6.31. The number of ether oxygens (including phenoxy) is 3. The van der Waals surface area contributed by atoms with Crippen LogP contribution >= 0.6 is 11.6 Å². The van der Waals surface area contributed by atoms with E-state index in [0.29, 0.717) is 34.2 Å². The van der Waals surface area contributed by atoms with E-state index in [1.165, 1.54) is 7.11 Å². The highest BCUT2D eigenvalue weighted by Crippen LogP contribution is 2.28. The number of rotatable bonds is 8. The third kappa shape index (κ3) is 4.88. The molecule has 0 atom stereocenters. The molecule has 0 radical (unpaired) electrons. The second kappa shape index (κ2) is 9.45. The Labute approximate surface area is 172 Å². The Morgan fingerprint density at radius 1 is 1.17 bits per heavy atom. The first kappa shape index (κ1) is 20.7. The van der Waals surface area contributed by atoms with E-state index in [9.17, 15) is 9.59 Å². The molecule has 3 aromatic rings. The van der Waals surface area contributed by atoms with Crippen molar-refractivity contribution in [1.29, 1.82) is 0 Å². The third-order valence-electron chi connectivity index (χ3n) is 4.10. The van der Waals surface area contributed by atoms with Gasteiger partial charge in [0.2, 0.25) is 5.76 Å². The normalized spacial score (nSPS) is 10.7. The Kier molecular flexibility index (Phi) is 6.74. The SMILES string of the molecule is CCOCc1c(C(=O)OCC(=O)Nc2cc(Cl)ccc2OC)oc2ccccc12. The molecule has 1 amide bonds. The zero-order valence-electron chi connectivity index (χ0n) is 16.0. The zero-order valence-corrected chi connectivity index (χ0v) is 16.7. The van der Waals surface area contributed by atoms with Crippen LogP contribution in [0.4, 0.5) is 5.69 Å². The number of benzene rings is 2. The zero-order chi connectivity index (χ0) is 20.8. The number of hydrogen-bond acceptors (Lipinski definition) is 6. The van der Waals surface area contributed by atoms with Crippen molar-refractivity contribution in [2.45, 2.75) is 13.5 Å². The van der Waals surface area contributed by atoms with Crippen molar-refractivity contribution in [3.8, 4) is 5.75 Å². The monoisotopic (exact) mass is 417 g/mol. The van der Waals surface area contributed by atoms with E-state index in [4.69, 9.17) is 30.2 Å². The molecule has 0 bridgehead atoms. The number of nitrogens with one attached hydrogen (secondary N) is 1. The van der Waals surface area contributed by atoms with Gasteiger partial charge in [0.15, 0.2) is 6.61 Å². The van der Waals surface area contributed by atoms with Gasteiger partial charge in [0.1, 0.15) is 11.3 Å². The van der Waals surface area contributed by atoms with Gasteiger partial charge in [0, 0.05) is 22.6 Å². The highest BCUT2D eigenvalue weighted by Gasteiger charge is 2.23. The molecule has 0 aliphatic rings. The molecular formula is C21H20ClNO6. The summed E-state index contributed by atoms with van der Waals surface area (Å²) in [5.41, 5.74) is 1.51. The van der Waals surface area contributed by atoms with Crippen LogP contribution < -0.4 is 10.1 Å². The van der Waals surface area contributed by atoms with E-state index in [2.05, 4.69) is 5.32 Å². The van der Waals surface area contributed by atoms with Gasteiger partial charge in [-0.05, 0) is 31.2 Å². The predicted molar refractivity (Wildman–Crippen MR) is 108 cm³/mol. The van der Waals surface area contributed by atoms with E-state index in [1.54, 1.807) is 30.3 Å². The topological polar surface area (TPSA) is 87.0 Å². The predicted octanol–water partition coefficient (Wildman–Crippen LogP) is 4.43. The van der Waals surface area contributed by atoms with Crippen molar-refractivity contribution >= 4 is 40.1 Å². The molecule has 1 aromatic heterocycles. The minimum Gasteiger partial charge on any atom is -0.495 e. The molecule has 0 saturated heterocycles. The second-order valence-electron chi connectivity index (χ2n) is 6.01. The fourth-order valence-corrected chi connectivity index (χ4v) is 2.94. The maximum Gasteiger partial charge on any atom is 0.375 e. The molecule has 8 heteroatoms. The first-order chi connectivity index (χ1) is 14.0. The molecule has 0 unspecified atom stereocenters. The van der Waals surface area contributed by atoms with E-state index < -0.39 is 18.5 Å². The van der Waals surface area contributed by atoms with Crippen molar-refractivity contribution in [3.63, 3.8) is 0 Å². The van der Waals surface area contributed by atoms with Gasteiger partial charge in [-0.2, -0.15) is 0 Å². The van der Waals surface area contributed by atoms with Crippen LogP contribution in [0, 0.1) is 0 Å². The lowest BCUT2D eigenvalue weighted by Crippen LogP contribution is -2.21. The summed E-state index contributed by atoms with van der Waals surface area (Å²) in [5, 5.41) is 3.80. The Morgan fingerprint density at radius 3 is 2.72 bits per heavy atom. The number of hydrogen-bond donors (Lipinski definition) is 1. The van der Waals surface area contributed by atoms with Crippen LogP contribution in [-0.4, -0.2) is 32.2 Å². The maximum atomic E-state index is 12.5. The lowest BCUT2D eigenvalue weighted by Gasteiger charge is -2.10. The average Bonchev–Trinajstić information content (AvgIpc) is 3.09. The van der Waals surface area contributed by atoms with Crippen LogP contribution in [0.2, 0.25) is 5.02 Å². The Balaban J connectivity index is 1.71. The van der Waals surface area contributed by atoms with E-state index in [0.717, 1.165) is 5.39 Å². The van der Waals surface area contributed by atoms with Gasteiger partial charge in [-0.25, -0.2) is 4.79 Å². The number of anilines is 1. The van der Waals surface area contributed by atoms with E-state index in [-0.39, 0.29) is 12.4 Å². The van der Waals surface area contributed by atoms with Gasteiger partial charge in [0.05, 0.1) is 19.4 Å². The molecule has 0 aliphatic heterocycles. The van der Waals surface area contributed by atoms with Gasteiger partial charge < -0.3 is 23.9 Å². The summed E-state index contributed by atoms with van der Waals surface area (Å²) >= 11 is 5.95. The number of carbonyl (C=O) groups is 2. The van der Waals surface area contributed by atoms with Crippen molar-refractivity contribution < 1.29 is 28.2 Å². The van der Waals surface area contributed by atoms with Crippen LogP contribution in [0.1, 0.15) is 23.0 Å². The summed E-state index contributed by atoms with van der Waals surface area (Å²) in [6, 6.07) is 12.0. The molecule has 29 heavy (non-hydrogen) atoms. The van der Waals surface area contributed by atoms with Gasteiger partial charge in [0.25, 0.3) is 5.91 Å². The molecule has 0 spiro atoms. The van der Waals surface area contributed by atoms with Crippen molar-refractivity contribution in [2.24, 2.45) is 0 Å².